The minimum absolute atomic E-state index is 0.152. The third-order valence-corrected chi connectivity index (χ3v) is 7.11. The molecular formula is C32H29FN3O2P. The van der Waals surface area contributed by atoms with Gasteiger partial charge in [0.25, 0.3) is 5.56 Å². The van der Waals surface area contributed by atoms with Crippen molar-refractivity contribution < 1.29 is 9.18 Å². The van der Waals surface area contributed by atoms with E-state index < -0.39 is 6.04 Å². The van der Waals surface area contributed by atoms with Crippen molar-refractivity contribution in [1.29, 1.82) is 0 Å². The highest BCUT2D eigenvalue weighted by Crippen LogP contribution is 2.29. The number of pyridine rings is 2. The Balaban J connectivity index is 1.54. The maximum absolute atomic E-state index is 14.3. The lowest BCUT2D eigenvalue weighted by Crippen LogP contribution is -2.36. The van der Waals surface area contributed by atoms with Crippen LogP contribution in [0.4, 0.5) is 4.39 Å². The van der Waals surface area contributed by atoms with Crippen molar-refractivity contribution in [2.75, 3.05) is 0 Å². The Morgan fingerprint density at radius 3 is 2.62 bits per heavy atom. The molecule has 39 heavy (non-hydrogen) atoms. The van der Waals surface area contributed by atoms with Crippen molar-refractivity contribution in [2.24, 2.45) is 0 Å². The van der Waals surface area contributed by atoms with Crippen LogP contribution < -0.4 is 16.2 Å². The Morgan fingerprint density at radius 1 is 1.00 bits per heavy atom. The zero-order valence-corrected chi connectivity index (χ0v) is 23.0. The van der Waals surface area contributed by atoms with Crippen molar-refractivity contribution in [3.63, 3.8) is 0 Å². The van der Waals surface area contributed by atoms with Crippen molar-refractivity contribution >= 4 is 31.4 Å². The molecule has 5 rings (SSSR count). The monoisotopic (exact) mass is 537 g/mol. The third-order valence-electron chi connectivity index (χ3n) is 6.78. The number of amides is 1. The Kier molecular flexibility index (Phi) is 7.67. The molecule has 1 N–H and O–H groups in total. The Labute approximate surface area is 228 Å². The summed E-state index contributed by atoms with van der Waals surface area (Å²) in [5.74, 6) is -0.681. The van der Waals surface area contributed by atoms with Crippen LogP contribution in [0.5, 0.6) is 0 Å². The smallest absolute Gasteiger partial charge is 0.251 e. The zero-order chi connectivity index (χ0) is 27.5. The molecule has 0 aliphatic heterocycles. The van der Waals surface area contributed by atoms with Gasteiger partial charge in [-0.3, -0.25) is 19.1 Å². The van der Waals surface area contributed by atoms with E-state index in [1.165, 1.54) is 16.7 Å². The largest absolute Gasteiger partial charge is 0.346 e. The fourth-order valence-electron chi connectivity index (χ4n) is 5.05. The molecule has 0 radical (unpaired) electrons. The summed E-state index contributed by atoms with van der Waals surface area (Å²) in [6.07, 6.45) is 2.02. The van der Waals surface area contributed by atoms with Crippen LogP contribution in [-0.2, 0) is 17.8 Å². The average molecular weight is 538 g/mol. The van der Waals surface area contributed by atoms with Gasteiger partial charge in [-0.2, -0.15) is 0 Å². The van der Waals surface area contributed by atoms with Crippen molar-refractivity contribution in [3.8, 4) is 11.1 Å². The number of aromatic nitrogens is 2. The molecule has 7 heteroatoms. The fraction of sp³-hybridized carbons (Fsp3) is 0.156. The minimum atomic E-state index is -0.562. The molecule has 5 aromatic rings. The second kappa shape index (κ2) is 11.3. The molecule has 0 fully saturated rings. The first-order valence-corrected chi connectivity index (χ1v) is 13.3. The number of fused-ring (bicyclic) bond motifs is 1. The van der Waals surface area contributed by atoms with Gasteiger partial charge < -0.3 is 5.32 Å². The van der Waals surface area contributed by atoms with Gasteiger partial charge in [0.15, 0.2) is 0 Å². The number of carbonyl (C=O) groups is 1. The van der Waals surface area contributed by atoms with E-state index in [-0.39, 0.29) is 23.8 Å². The van der Waals surface area contributed by atoms with Gasteiger partial charge in [-0.05, 0) is 66.5 Å². The lowest BCUT2D eigenvalue weighted by Gasteiger charge is -2.22. The van der Waals surface area contributed by atoms with E-state index in [9.17, 15) is 14.0 Å². The van der Waals surface area contributed by atoms with E-state index in [2.05, 4.69) is 25.6 Å². The van der Waals surface area contributed by atoms with Crippen LogP contribution in [0.25, 0.3) is 22.0 Å². The maximum Gasteiger partial charge on any atom is 0.251 e. The van der Waals surface area contributed by atoms with Crippen LogP contribution >= 0.6 is 9.24 Å². The van der Waals surface area contributed by atoms with Gasteiger partial charge in [-0.1, -0.05) is 60.2 Å². The molecule has 2 unspecified atom stereocenters. The van der Waals surface area contributed by atoms with Crippen LogP contribution in [0.1, 0.15) is 28.4 Å². The molecule has 0 bridgehead atoms. The molecule has 1 amide bonds. The van der Waals surface area contributed by atoms with Crippen LogP contribution in [0.15, 0.2) is 95.9 Å². The number of hydrogen-bond acceptors (Lipinski definition) is 3. The topological polar surface area (TPSA) is 64.0 Å². The normalized spacial score (nSPS) is 11.9. The van der Waals surface area contributed by atoms with E-state index in [0.29, 0.717) is 22.9 Å². The first-order chi connectivity index (χ1) is 18.8. The Hall–Kier alpha value is -4.15. The van der Waals surface area contributed by atoms with Gasteiger partial charge in [0.05, 0.1) is 17.3 Å². The van der Waals surface area contributed by atoms with Crippen molar-refractivity contribution in [1.82, 2.24) is 14.9 Å². The van der Waals surface area contributed by atoms with Gasteiger partial charge in [0, 0.05) is 23.2 Å². The summed E-state index contributed by atoms with van der Waals surface area (Å²) in [6.45, 7) is 3.76. The summed E-state index contributed by atoms with van der Waals surface area (Å²) in [5.41, 5.74) is 5.68. The van der Waals surface area contributed by atoms with Gasteiger partial charge in [-0.15, -0.1) is 9.24 Å². The number of rotatable bonds is 7. The molecule has 0 saturated heterocycles. The number of carbonyl (C=O) groups excluding carboxylic acids is 1. The molecule has 3 aromatic carbocycles. The van der Waals surface area contributed by atoms with E-state index in [4.69, 9.17) is 0 Å². The number of benzene rings is 3. The van der Waals surface area contributed by atoms with Gasteiger partial charge in [0.1, 0.15) is 12.4 Å². The molecule has 2 heterocycles. The highest BCUT2D eigenvalue weighted by molar-refractivity contribution is 7.27. The summed E-state index contributed by atoms with van der Waals surface area (Å²) in [5, 5.41) is 4.74. The average Bonchev–Trinajstić information content (AvgIpc) is 2.90. The van der Waals surface area contributed by atoms with Crippen LogP contribution in [0.2, 0.25) is 0 Å². The molecule has 0 spiro atoms. The first-order valence-electron chi connectivity index (χ1n) is 12.7. The van der Waals surface area contributed by atoms with E-state index in [0.717, 1.165) is 33.2 Å². The molecule has 0 saturated carbocycles. The highest BCUT2D eigenvalue weighted by Gasteiger charge is 2.22. The van der Waals surface area contributed by atoms with Crippen molar-refractivity contribution in [3.05, 3.63) is 130 Å². The summed E-state index contributed by atoms with van der Waals surface area (Å²) in [6, 6.07) is 25.2. The maximum atomic E-state index is 14.3. The summed E-state index contributed by atoms with van der Waals surface area (Å²) < 4.78 is 15.8. The van der Waals surface area contributed by atoms with Crippen LogP contribution in [0, 0.1) is 19.7 Å². The molecule has 196 valence electrons. The molecule has 0 aliphatic carbocycles. The quantitative estimate of drug-likeness (QED) is 0.282. The zero-order valence-electron chi connectivity index (χ0n) is 21.8. The summed E-state index contributed by atoms with van der Waals surface area (Å²) in [4.78, 5) is 31.1. The van der Waals surface area contributed by atoms with E-state index >= 15 is 0 Å². The molecule has 5 nitrogen and oxygen atoms in total. The lowest BCUT2D eigenvalue weighted by molar-refractivity contribution is -0.122. The Morgan fingerprint density at radius 2 is 1.82 bits per heavy atom. The predicted molar refractivity (Wildman–Crippen MR) is 158 cm³/mol. The SMILES string of the molecule is Cc1cccc(-c2cccnc2C(Cc2cc(F)cc(P)c2)NC(=O)Cn2c(=O)cc(C)c3ccccc32)c1. The number of hydrogen-bond donors (Lipinski definition) is 1. The summed E-state index contributed by atoms with van der Waals surface area (Å²) >= 11 is 0. The molecule has 2 aromatic heterocycles. The molecule has 2 atom stereocenters. The second-order valence-electron chi connectivity index (χ2n) is 9.79. The highest BCUT2D eigenvalue weighted by atomic mass is 31.0. The van der Waals surface area contributed by atoms with Crippen LogP contribution in [-0.4, -0.2) is 15.5 Å². The number of para-hydroxylation sites is 1. The number of halogens is 1. The lowest BCUT2D eigenvalue weighted by atomic mass is 9.94. The number of nitrogens with one attached hydrogen (secondary N) is 1. The molecular weight excluding hydrogens is 508 g/mol. The third kappa shape index (κ3) is 5.97. The van der Waals surface area contributed by atoms with E-state index in [1.807, 2.05) is 74.5 Å². The summed E-state index contributed by atoms with van der Waals surface area (Å²) in [7, 11) is 2.52. The van der Waals surface area contributed by atoms with Gasteiger partial charge >= 0.3 is 0 Å². The molecule has 0 aliphatic rings. The first kappa shape index (κ1) is 26.5. The number of aryl methyl sites for hydroxylation is 2. The van der Waals surface area contributed by atoms with E-state index in [1.54, 1.807) is 12.3 Å². The predicted octanol–water partition coefficient (Wildman–Crippen LogP) is 5.42. The van der Waals surface area contributed by atoms with Gasteiger partial charge in [-0.25, -0.2) is 4.39 Å². The minimum Gasteiger partial charge on any atom is -0.346 e. The Bertz CT molecular complexity index is 1730. The van der Waals surface area contributed by atoms with Gasteiger partial charge in [0.2, 0.25) is 5.91 Å². The second-order valence-corrected chi connectivity index (χ2v) is 10.5. The van der Waals surface area contributed by atoms with Crippen LogP contribution in [0.3, 0.4) is 0 Å². The van der Waals surface area contributed by atoms with Crippen molar-refractivity contribution in [2.45, 2.75) is 32.9 Å². The fourth-order valence-corrected chi connectivity index (χ4v) is 5.42. The standard InChI is InChI=1S/C32H29FN3O2P/c1-20-7-5-8-23(13-20)27-10-6-12-34-32(27)28(17-22-15-24(33)18-25(39)16-22)35-30(37)19-36-29-11-4-3-9-26(29)21(2)14-31(36)38/h3-16,18,28H,17,19,39H2,1-2H3,(H,35,37). The number of nitrogens with zero attached hydrogens (tertiary/aromatic N) is 2.